The molecule has 1 aromatic carbocycles. The number of carbonyl (C=O) groups excluding carboxylic acids is 1. The van der Waals surface area contributed by atoms with Gasteiger partial charge in [0.15, 0.2) is 0 Å². The summed E-state index contributed by atoms with van der Waals surface area (Å²) in [5, 5.41) is 5.66. The van der Waals surface area contributed by atoms with Crippen LogP contribution in [0.25, 0.3) is 10.9 Å². The number of aryl methyl sites for hydroxylation is 1. The Balaban J connectivity index is 1.63. The molecule has 3 aromatic rings. The van der Waals surface area contributed by atoms with E-state index in [1.54, 1.807) is 11.8 Å². The highest BCUT2D eigenvalue weighted by molar-refractivity contribution is 7.98. The maximum atomic E-state index is 12.9. The summed E-state index contributed by atoms with van der Waals surface area (Å²) in [5.74, 6) is -0.143. The molecule has 3 heterocycles. The number of thioether (sulfide) groups is 1. The van der Waals surface area contributed by atoms with Gasteiger partial charge in [0.2, 0.25) is 0 Å². The van der Waals surface area contributed by atoms with Crippen molar-refractivity contribution in [2.75, 3.05) is 12.9 Å². The summed E-state index contributed by atoms with van der Waals surface area (Å²) >= 11 is 7.67. The number of amides is 1. The largest absolute Gasteiger partial charge is 0.373 e. The normalized spacial score (nSPS) is 16.5. The Bertz CT molecular complexity index is 1000. The van der Waals surface area contributed by atoms with E-state index in [4.69, 9.17) is 16.3 Å². The lowest BCUT2D eigenvalue weighted by atomic mass is 10.0. The molecule has 0 saturated carbocycles. The lowest BCUT2D eigenvalue weighted by Gasteiger charge is -2.26. The van der Waals surface area contributed by atoms with E-state index in [1.807, 2.05) is 54.3 Å². The minimum atomic E-state index is -0.212. The third-order valence-corrected chi connectivity index (χ3v) is 5.52. The molecular formula is C19H18ClN3O2S. The number of nitrogens with one attached hydrogen (secondary N) is 1. The topological polar surface area (TPSA) is 56.1 Å². The molecule has 7 heteroatoms. The molecule has 1 N–H and O–H groups in total. The minimum Gasteiger partial charge on any atom is -0.373 e. The lowest BCUT2D eigenvalue weighted by Crippen LogP contribution is -2.35. The maximum absolute atomic E-state index is 12.9. The smallest absolute Gasteiger partial charge is 0.268 e. The maximum Gasteiger partial charge on any atom is 0.268 e. The molecule has 4 rings (SSSR count). The summed E-state index contributed by atoms with van der Waals surface area (Å²) in [5.41, 5.74) is 3.42. The second-order valence-corrected chi connectivity index (χ2v) is 7.49. The summed E-state index contributed by atoms with van der Waals surface area (Å²) in [4.78, 5) is 17.5. The van der Waals surface area contributed by atoms with Gasteiger partial charge in [0.1, 0.15) is 5.69 Å². The fourth-order valence-electron chi connectivity index (χ4n) is 3.27. The zero-order valence-corrected chi connectivity index (χ0v) is 16.0. The highest BCUT2D eigenvalue weighted by Crippen LogP contribution is 2.27. The van der Waals surface area contributed by atoms with E-state index in [0.29, 0.717) is 23.9 Å². The van der Waals surface area contributed by atoms with Crippen molar-refractivity contribution in [2.45, 2.75) is 17.7 Å². The standard InChI is InChI=1S/C19H18ClN3O2S/c1-23-16-8-12(20)4-3-11(16)7-17(23)19(24)22-15-10-25-9-14-13(15)5-6-18(21-14)26-2/h3-8,15H,9-10H2,1-2H3,(H,22,24). The number of nitrogens with zero attached hydrogens (tertiary/aromatic N) is 2. The molecule has 1 aliphatic rings. The van der Waals surface area contributed by atoms with E-state index >= 15 is 0 Å². The highest BCUT2D eigenvalue weighted by Gasteiger charge is 2.25. The van der Waals surface area contributed by atoms with E-state index in [1.165, 1.54) is 0 Å². The number of carbonyl (C=O) groups is 1. The van der Waals surface area contributed by atoms with Gasteiger partial charge in [-0.15, -0.1) is 11.8 Å². The summed E-state index contributed by atoms with van der Waals surface area (Å²) in [6.45, 7) is 0.914. The number of aromatic nitrogens is 2. The third kappa shape index (κ3) is 3.09. The van der Waals surface area contributed by atoms with Crippen molar-refractivity contribution in [3.8, 4) is 0 Å². The minimum absolute atomic E-state index is 0.143. The van der Waals surface area contributed by atoms with Gasteiger partial charge >= 0.3 is 0 Å². The molecule has 1 unspecified atom stereocenters. The number of benzene rings is 1. The van der Waals surface area contributed by atoms with E-state index < -0.39 is 0 Å². The van der Waals surface area contributed by atoms with Crippen LogP contribution >= 0.6 is 23.4 Å². The van der Waals surface area contributed by atoms with E-state index in [9.17, 15) is 4.79 Å². The number of halogens is 1. The molecule has 2 aromatic heterocycles. The van der Waals surface area contributed by atoms with Crippen molar-refractivity contribution in [1.82, 2.24) is 14.9 Å². The van der Waals surface area contributed by atoms with Gasteiger partial charge < -0.3 is 14.6 Å². The first kappa shape index (κ1) is 17.4. The van der Waals surface area contributed by atoms with Gasteiger partial charge in [-0.1, -0.05) is 23.7 Å². The summed E-state index contributed by atoms with van der Waals surface area (Å²) in [6.07, 6.45) is 1.99. The molecule has 26 heavy (non-hydrogen) atoms. The molecule has 0 saturated heterocycles. The predicted molar refractivity (Wildman–Crippen MR) is 104 cm³/mol. The monoisotopic (exact) mass is 387 g/mol. The van der Waals surface area contributed by atoms with Gasteiger partial charge in [0.05, 0.1) is 30.0 Å². The fourth-order valence-corrected chi connectivity index (χ4v) is 3.85. The third-order valence-electron chi connectivity index (χ3n) is 4.64. The number of fused-ring (bicyclic) bond motifs is 2. The Morgan fingerprint density at radius 1 is 1.35 bits per heavy atom. The predicted octanol–water partition coefficient (Wildman–Crippen LogP) is 3.95. The first-order valence-electron chi connectivity index (χ1n) is 8.24. The van der Waals surface area contributed by atoms with E-state index in [2.05, 4.69) is 10.3 Å². The molecule has 0 bridgehead atoms. The van der Waals surface area contributed by atoms with Gasteiger partial charge in [-0.3, -0.25) is 4.79 Å². The van der Waals surface area contributed by atoms with Crippen LogP contribution in [0.1, 0.15) is 27.8 Å². The summed E-state index contributed by atoms with van der Waals surface area (Å²) in [7, 11) is 1.87. The van der Waals surface area contributed by atoms with Gasteiger partial charge in [-0.05, 0) is 30.5 Å². The van der Waals surface area contributed by atoms with Crippen LogP contribution in [0, 0.1) is 0 Å². The zero-order valence-electron chi connectivity index (χ0n) is 14.5. The van der Waals surface area contributed by atoms with Crippen LogP contribution in [0.5, 0.6) is 0 Å². The fraction of sp³-hybridized carbons (Fsp3) is 0.263. The molecule has 0 spiro atoms. The Hall–Kier alpha value is -2.02. The molecular weight excluding hydrogens is 370 g/mol. The molecule has 1 aliphatic heterocycles. The van der Waals surface area contributed by atoms with Gasteiger partial charge in [-0.2, -0.15) is 0 Å². The van der Waals surface area contributed by atoms with Crippen LogP contribution in [0.4, 0.5) is 0 Å². The van der Waals surface area contributed by atoms with Crippen LogP contribution in [0.3, 0.4) is 0 Å². The molecule has 0 fully saturated rings. The molecule has 1 atom stereocenters. The molecule has 0 radical (unpaired) electrons. The molecule has 1 amide bonds. The van der Waals surface area contributed by atoms with Crippen molar-refractivity contribution in [3.05, 3.63) is 58.4 Å². The number of ether oxygens (including phenoxy) is 1. The Morgan fingerprint density at radius 2 is 2.19 bits per heavy atom. The summed E-state index contributed by atoms with van der Waals surface area (Å²) < 4.78 is 7.50. The van der Waals surface area contributed by atoms with Crippen LogP contribution in [0.2, 0.25) is 5.02 Å². The number of rotatable bonds is 3. The average molecular weight is 388 g/mol. The summed E-state index contributed by atoms with van der Waals surface area (Å²) in [6, 6.07) is 11.3. The van der Waals surface area contributed by atoms with E-state index in [-0.39, 0.29) is 11.9 Å². The van der Waals surface area contributed by atoms with Crippen molar-refractivity contribution in [3.63, 3.8) is 0 Å². The zero-order chi connectivity index (χ0) is 18.3. The first-order chi connectivity index (χ1) is 12.6. The second-order valence-electron chi connectivity index (χ2n) is 6.22. The van der Waals surface area contributed by atoms with Gasteiger partial charge in [0, 0.05) is 28.5 Å². The van der Waals surface area contributed by atoms with Crippen LogP contribution < -0.4 is 5.32 Å². The Kier molecular flexibility index (Phi) is 4.65. The number of hydrogen-bond acceptors (Lipinski definition) is 4. The second kappa shape index (κ2) is 6.95. The van der Waals surface area contributed by atoms with Gasteiger partial charge in [-0.25, -0.2) is 4.98 Å². The van der Waals surface area contributed by atoms with Crippen molar-refractivity contribution in [2.24, 2.45) is 7.05 Å². The number of pyridine rings is 1. The number of hydrogen-bond donors (Lipinski definition) is 1. The Morgan fingerprint density at radius 3 is 3.00 bits per heavy atom. The lowest BCUT2D eigenvalue weighted by molar-refractivity contribution is 0.0683. The molecule has 134 valence electrons. The quantitative estimate of drug-likeness (QED) is 0.691. The van der Waals surface area contributed by atoms with Crippen LogP contribution in [-0.4, -0.2) is 28.3 Å². The first-order valence-corrected chi connectivity index (χ1v) is 9.84. The van der Waals surface area contributed by atoms with Crippen LogP contribution in [0.15, 0.2) is 41.4 Å². The van der Waals surface area contributed by atoms with Crippen LogP contribution in [-0.2, 0) is 18.4 Å². The van der Waals surface area contributed by atoms with Crippen molar-refractivity contribution in [1.29, 1.82) is 0 Å². The van der Waals surface area contributed by atoms with Crippen molar-refractivity contribution >= 4 is 40.2 Å². The van der Waals surface area contributed by atoms with Crippen molar-refractivity contribution < 1.29 is 9.53 Å². The Labute approximate surface area is 160 Å². The average Bonchev–Trinajstić information content (AvgIpc) is 2.98. The molecule has 0 aliphatic carbocycles. The van der Waals surface area contributed by atoms with E-state index in [0.717, 1.165) is 27.2 Å². The molecule has 5 nitrogen and oxygen atoms in total. The highest BCUT2D eigenvalue weighted by atomic mass is 35.5. The SMILES string of the molecule is CSc1ccc2c(n1)COCC2NC(=O)c1cc2ccc(Cl)cc2n1C. The van der Waals surface area contributed by atoms with Gasteiger partial charge in [0.25, 0.3) is 5.91 Å².